The molecule has 2 aromatic carbocycles. The van der Waals surface area contributed by atoms with E-state index in [1.807, 2.05) is 6.07 Å². The third kappa shape index (κ3) is 3.01. The predicted octanol–water partition coefficient (Wildman–Crippen LogP) is 4.02. The van der Waals surface area contributed by atoms with Crippen molar-refractivity contribution in [3.8, 4) is 5.75 Å². The summed E-state index contributed by atoms with van der Waals surface area (Å²) in [6.45, 7) is 0.599. The average molecular weight is 438 g/mol. The number of hydrogen-bond donors (Lipinski definition) is 0. The van der Waals surface area contributed by atoms with Crippen molar-refractivity contribution >= 4 is 29.3 Å². The SMILES string of the molecule is COc1ccc2c(c1)[C@@]1(SCCN1C(=O)c1ccco1)C(=O)N2Cc1cccc(F)c1. The summed E-state index contributed by atoms with van der Waals surface area (Å²) in [5, 5.41) is 0. The lowest BCUT2D eigenvalue weighted by Gasteiger charge is -2.32. The standard InChI is InChI=1S/C23H19FN2O4S/c1-29-17-7-8-19-18(13-17)23(22(28)25(19)14-15-4-2-5-16(24)12-15)26(9-11-31-23)21(27)20-6-3-10-30-20/h2-8,10,12-13H,9,11,14H2,1H3/t23-/m1/s1. The Kier molecular flexibility index (Phi) is 4.74. The Bertz CT molecular complexity index is 1170. The van der Waals surface area contributed by atoms with Crippen LogP contribution in [0.4, 0.5) is 10.1 Å². The van der Waals surface area contributed by atoms with Crippen molar-refractivity contribution in [3.63, 3.8) is 0 Å². The molecule has 158 valence electrons. The number of amides is 2. The van der Waals surface area contributed by atoms with Crippen molar-refractivity contribution in [1.29, 1.82) is 0 Å². The Balaban J connectivity index is 1.62. The minimum Gasteiger partial charge on any atom is -0.497 e. The molecule has 6 nitrogen and oxygen atoms in total. The van der Waals surface area contributed by atoms with Crippen LogP contribution in [0.3, 0.4) is 0 Å². The average Bonchev–Trinajstić information content (AvgIpc) is 3.51. The van der Waals surface area contributed by atoms with Crippen LogP contribution < -0.4 is 9.64 Å². The first-order valence-corrected chi connectivity index (χ1v) is 10.8. The van der Waals surface area contributed by atoms with Crippen LogP contribution in [0, 0.1) is 5.82 Å². The summed E-state index contributed by atoms with van der Waals surface area (Å²) in [5.41, 5.74) is 2.04. The zero-order valence-corrected chi connectivity index (χ0v) is 17.5. The second-order valence-electron chi connectivity index (χ2n) is 7.33. The predicted molar refractivity (Wildman–Crippen MR) is 114 cm³/mol. The number of fused-ring (bicyclic) bond motifs is 2. The quantitative estimate of drug-likeness (QED) is 0.616. The third-order valence-electron chi connectivity index (χ3n) is 5.61. The first-order chi connectivity index (χ1) is 15.0. The van der Waals surface area contributed by atoms with Gasteiger partial charge in [-0.3, -0.25) is 9.59 Å². The molecular formula is C23H19FN2O4S. The molecule has 1 saturated heterocycles. The molecule has 0 saturated carbocycles. The molecule has 0 radical (unpaired) electrons. The molecule has 1 atom stereocenters. The van der Waals surface area contributed by atoms with E-state index in [-0.39, 0.29) is 29.9 Å². The van der Waals surface area contributed by atoms with Gasteiger partial charge in [0.15, 0.2) is 10.6 Å². The first-order valence-electron chi connectivity index (χ1n) is 9.79. The van der Waals surface area contributed by atoms with Crippen LogP contribution in [0.2, 0.25) is 0 Å². The van der Waals surface area contributed by atoms with Crippen LogP contribution >= 0.6 is 11.8 Å². The van der Waals surface area contributed by atoms with E-state index < -0.39 is 4.87 Å². The van der Waals surface area contributed by atoms with Gasteiger partial charge >= 0.3 is 0 Å². The van der Waals surface area contributed by atoms with E-state index >= 15 is 0 Å². The van der Waals surface area contributed by atoms with E-state index in [9.17, 15) is 14.0 Å². The van der Waals surface area contributed by atoms with Crippen LogP contribution in [-0.4, -0.2) is 36.1 Å². The second kappa shape index (κ2) is 7.46. The van der Waals surface area contributed by atoms with Gasteiger partial charge in [0, 0.05) is 17.9 Å². The number of carbonyl (C=O) groups excluding carboxylic acids is 2. The van der Waals surface area contributed by atoms with Crippen molar-refractivity contribution in [2.24, 2.45) is 0 Å². The molecule has 8 heteroatoms. The van der Waals surface area contributed by atoms with Gasteiger partial charge in [-0.05, 0) is 48.0 Å². The highest BCUT2D eigenvalue weighted by Gasteiger charge is 2.60. The first kappa shape index (κ1) is 19.7. The fourth-order valence-electron chi connectivity index (χ4n) is 4.23. The number of benzene rings is 2. The highest BCUT2D eigenvalue weighted by molar-refractivity contribution is 8.01. The van der Waals surface area contributed by atoms with Crippen LogP contribution in [0.5, 0.6) is 5.75 Å². The van der Waals surface area contributed by atoms with Crippen molar-refractivity contribution in [3.05, 3.63) is 83.6 Å². The molecule has 3 heterocycles. The molecule has 1 spiro atoms. The van der Waals surface area contributed by atoms with E-state index in [1.54, 1.807) is 53.3 Å². The number of rotatable bonds is 4. The fraction of sp³-hybridized carbons (Fsp3) is 0.217. The molecule has 2 amide bonds. The van der Waals surface area contributed by atoms with E-state index in [1.165, 1.54) is 30.2 Å². The van der Waals surface area contributed by atoms with E-state index in [0.717, 1.165) is 0 Å². The monoisotopic (exact) mass is 438 g/mol. The highest BCUT2D eigenvalue weighted by Crippen LogP contribution is 2.55. The number of ether oxygens (including phenoxy) is 1. The summed E-state index contributed by atoms with van der Waals surface area (Å²) in [6, 6.07) is 14.8. The van der Waals surface area contributed by atoms with Gasteiger partial charge in [-0.15, -0.1) is 11.8 Å². The number of halogens is 1. The van der Waals surface area contributed by atoms with E-state index in [4.69, 9.17) is 9.15 Å². The highest BCUT2D eigenvalue weighted by atomic mass is 32.2. The molecule has 1 aromatic heterocycles. The number of furan rings is 1. The Hall–Kier alpha value is -3.26. The smallest absolute Gasteiger partial charge is 0.291 e. The zero-order chi connectivity index (χ0) is 21.6. The number of carbonyl (C=O) groups is 2. The maximum atomic E-state index is 13.9. The minimum atomic E-state index is -1.22. The Morgan fingerprint density at radius 3 is 2.84 bits per heavy atom. The van der Waals surface area contributed by atoms with Crippen LogP contribution in [0.1, 0.15) is 21.7 Å². The lowest BCUT2D eigenvalue weighted by Crippen LogP contribution is -2.50. The summed E-state index contributed by atoms with van der Waals surface area (Å²) >= 11 is 1.42. The summed E-state index contributed by atoms with van der Waals surface area (Å²) < 4.78 is 24.5. The Morgan fingerprint density at radius 2 is 2.10 bits per heavy atom. The normalized spacial score (nSPS) is 19.9. The van der Waals surface area contributed by atoms with Gasteiger partial charge in [-0.2, -0.15) is 0 Å². The van der Waals surface area contributed by atoms with Gasteiger partial charge in [0.05, 0.1) is 25.6 Å². The van der Waals surface area contributed by atoms with Crippen LogP contribution in [-0.2, 0) is 16.2 Å². The van der Waals surface area contributed by atoms with Gasteiger partial charge < -0.3 is 19.0 Å². The van der Waals surface area contributed by atoms with E-state index in [0.29, 0.717) is 34.9 Å². The topological polar surface area (TPSA) is 63.0 Å². The third-order valence-corrected chi connectivity index (χ3v) is 7.03. The van der Waals surface area contributed by atoms with Gasteiger partial charge in [0.2, 0.25) is 0 Å². The molecule has 1 fully saturated rings. The number of thioether (sulfide) groups is 1. The summed E-state index contributed by atoms with van der Waals surface area (Å²) in [6.07, 6.45) is 1.44. The molecular weight excluding hydrogens is 419 g/mol. The maximum absolute atomic E-state index is 13.9. The Labute approximate surface area is 182 Å². The van der Waals surface area contributed by atoms with Crippen LogP contribution in [0.15, 0.2) is 65.3 Å². The zero-order valence-electron chi connectivity index (χ0n) is 16.7. The largest absolute Gasteiger partial charge is 0.497 e. The van der Waals surface area contributed by atoms with Crippen molar-refractivity contribution in [2.75, 3.05) is 24.3 Å². The van der Waals surface area contributed by atoms with Gasteiger partial charge in [0.1, 0.15) is 11.6 Å². The lowest BCUT2D eigenvalue weighted by molar-refractivity contribution is -0.123. The fourth-order valence-corrected chi connectivity index (χ4v) is 5.68. The van der Waals surface area contributed by atoms with Gasteiger partial charge in [0.25, 0.3) is 11.8 Å². The molecule has 0 N–H and O–H groups in total. The minimum absolute atomic E-state index is 0.183. The number of methoxy groups -OCH3 is 1. The Morgan fingerprint density at radius 1 is 1.23 bits per heavy atom. The molecule has 5 rings (SSSR count). The summed E-state index contributed by atoms with van der Waals surface area (Å²) in [4.78, 5) is 29.1. The molecule has 2 aliphatic heterocycles. The molecule has 0 unspecified atom stereocenters. The number of nitrogens with zero attached hydrogens (tertiary/aromatic N) is 2. The van der Waals surface area contributed by atoms with Gasteiger partial charge in [-0.25, -0.2) is 4.39 Å². The van der Waals surface area contributed by atoms with Crippen molar-refractivity contribution in [2.45, 2.75) is 11.4 Å². The van der Waals surface area contributed by atoms with Crippen molar-refractivity contribution in [1.82, 2.24) is 4.90 Å². The second-order valence-corrected chi connectivity index (χ2v) is 8.62. The summed E-state index contributed by atoms with van der Waals surface area (Å²) in [7, 11) is 1.56. The molecule has 0 aliphatic carbocycles. The van der Waals surface area contributed by atoms with Crippen LogP contribution in [0.25, 0.3) is 0 Å². The lowest BCUT2D eigenvalue weighted by atomic mass is 10.0. The molecule has 3 aromatic rings. The number of hydrogen-bond acceptors (Lipinski definition) is 5. The van der Waals surface area contributed by atoms with E-state index in [2.05, 4.69) is 0 Å². The number of anilines is 1. The van der Waals surface area contributed by atoms with Gasteiger partial charge in [-0.1, -0.05) is 12.1 Å². The molecule has 2 aliphatic rings. The molecule has 0 bridgehead atoms. The summed E-state index contributed by atoms with van der Waals surface area (Å²) in [5.74, 6) is 0.438. The molecule has 31 heavy (non-hydrogen) atoms. The van der Waals surface area contributed by atoms with Crippen molar-refractivity contribution < 1.29 is 23.1 Å². The maximum Gasteiger partial charge on any atom is 0.291 e.